The quantitative estimate of drug-likeness (QED) is 0.726. The number of nitrogens with zero attached hydrogens (tertiary/aromatic N) is 3. The summed E-state index contributed by atoms with van der Waals surface area (Å²) in [6, 6.07) is 12.2. The maximum absolute atomic E-state index is 11.9. The topological polar surface area (TPSA) is 59.8 Å². The number of carbonyl (C=O) groups excluding carboxylic acids is 1. The first-order valence-corrected chi connectivity index (χ1v) is 8.37. The third-order valence-corrected chi connectivity index (χ3v) is 4.44. The second kappa shape index (κ2) is 7.69. The average Bonchev–Trinajstić information content (AvgIpc) is 3.26. The predicted octanol–water partition coefficient (Wildman–Crippen LogP) is 2.64. The molecule has 0 saturated heterocycles. The number of aryl methyl sites for hydroxylation is 1. The minimum Gasteiger partial charge on any atom is -0.352 e. The molecule has 5 nitrogen and oxygen atoms in total. The highest BCUT2D eigenvalue weighted by Crippen LogP contribution is 2.11. The van der Waals surface area contributed by atoms with E-state index in [4.69, 9.17) is 0 Å². The molecule has 0 fully saturated rings. The molecule has 0 saturated carbocycles. The Morgan fingerprint density at radius 3 is 2.70 bits per heavy atom. The molecular formula is C17H18N4OS. The average molecular weight is 326 g/mol. The lowest BCUT2D eigenvalue weighted by Gasteiger charge is -2.06. The van der Waals surface area contributed by atoms with Crippen molar-refractivity contribution in [3.8, 4) is 0 Å². The number of amides is 1. The second-order valence-electron chi connectivity index (χ2n) is 5.27. The molecule has 0 spiro atoms. The lowest BCUT2D eigenvalue weighted by atomic mass is 10.1. The number of aromatic nitrogens is 3. The van der Waals surface area contributed by atoms with Gasteiger partial charge in [-0.2, -0.15) is 5.10 Å². The third-order valence-electron chi connectivity index (χ3n) is 3.50. The van der Waals surface area contributed by atoms with Gasteiger partial charge in [-0.15, -0.1) is 11.3 Å². The van der Waals surface area contributed by atoms with Crippen LogP contribution in [0.3, 0.4) is 0 Å². The maximum Gasteiger partial charge on any atom is 0.220 e. The van der Waals surface area contributed by atoms with Gasteiger partial charge in [0, 0.05) is 17.8 Å². The molecule has 6 heteroatoms. The number of carbonyl (C=O) groups is 1. The molecule has 1 amide bonds. The van der Waals surface area contributed by atoms with Crippen LogP contribution in [0.25, 0.3) is 0 Å². The zero-order chi connectivity index (χ0) is 15.9. The number of rotatable bonds is 7. The van der Waals surface area contributed by atoms with Crippen LogP contribution in [-0.4, -0.2) is 20.7 Å². The fourth-order valence-electron chi connectivity index (χ4n) is 2.24. The van der Waals surface area contributed by atoms with Crippen LogP contribution in [0.1, 0.15) is 22.4 Å². The molecule has 3 aromatic rings. The molecule has 3 rings (SSSR count). The first-order chi connectivity index (χ1) is 11.3. The second-order valence-corrected chi connectivity index (χ2v) is 6.30. The van der Waals surface area contributed by atoms with Gasteiger partial charge in [-0.1, -0.05) is 30.3 Å². The maximum atomic E-state index is 11.9. The van der Waals surface area contributed by atoms with E-state index >= 15 is 0 Å². The molecule has 0 unspecified atom stereocenters. The summed E-state index contributed by atoms with van der Waals surface area (Å²) in [7, 11) is 0. The molecule has 0 bridgehead atoms. The summed E-state index contributed by atoms with van der Waals surface area (Å²) in [6.45, 7) is 1.26. The van der Waals surface area contributed by atoms with Crippen LogP contribution in [0.2, 0.25) is 0 Å². The monoisotopic (exact) mass is 326 g/mol. The predicted molar refractivity (Wildman–Crippen MR) is 90.1 cm³/mol. The zero-order valence-electron chi connectivity index (χ0n) is 12.7. The van der Waals surface area contributed by atoms with Crippen molar-refractivity contribution in [2.45, 2.75) is 25.9 Å². The van der Waals surface area contributed by atoms with E-state index in [1.807, 2.05) is 23.6 Å². The number of thiophene rings is 1. The van der Waals surface area contributed by atoms with E-state index in [1.165, 1.54) is 11.2 Å². The van der Waals surface area contributed by atoms with Gasteiger partial charge in [-0.3, -0.25) is 4.79 Å². The Hall–Kier alpha value is -2.47. The van der Waals surface area contributed by atoms with Crippen LogP contribution in [0.5, 0.6) is 0 Å². The summed E-state index contributed by atoms with van der Waals surface area (Å²) in [5.74, 6) is 0.0880. The summed E-state index contributed by atoms with van der Waals surface area (Å²) < 4.78 is 1.78. The zero-order valence-corrected chi connectivity index (χ0v) is 13.5. The molecule has 0 atom stereocenters. The highest BCUT2D eigenvalue weighted by molar-refractivity contribution is 7.09. The van der Waals surface area contributed by atoms with Gasteiger partial charge in [0.05, 0.1) is 6.54 Å². The van der Waals surface area contributed by atoms with E-state index < -0.39 is 0 Å². The van der Waals surface area contributed by atoms with Gasteiger partial charge in [0.25, 0.3) is 0 Å². The summed E-state index contributed by atoms with van der Waals surface area (Å²) in [6.07, 6.45) is 4.56. The number of benzene rings is 1. The summed E-state index contributed by atoms with van der Waals surface area (Å²) in [5, 5.41) is 9.08. The standard InChI is InChI=1S/C17H18N4OS/c22-17(8-7-16-2-1-9-23-16)19-10-14-3-5-15(6-4-14)11-21-13-18-12-20-21/h1-6,9,12-13H,7-8,10-11H2,(H,19,22). The van der Waals surface area contributed by atoms with Crippen molar-refractivity contribution < 1.29 is 4.79 Å². The Morgan fingerprint density at radius 2 is 2.00 bits per heavy atom. The van der Waals surface area contributed by atoms with Gasteiger partial charge in [0.1, 0.15) is 12.7 Å². The largest absolute Gasteiger partial charge is 0.352 e. The molecule has 0 aliphatic rings. The SMILES string of the molecule is O=C(CCc1cccs1)NCc1ccc(Cn2cncn2)cc1. The fourth-order valence-corrected chi connectivity index (χ4v) is 2.95. The van der Waals surface area contributed by atoms with Crippen LogP contribution in [-0.2, 0) is 24.3 Å². The molecule has 0 aliphatic heterocycles. The molecular weight excluding hydrogens is 308 g/mol. The number of hydrogen-bond acceptors (Lipinski definition) is 4. The highest BCUT2D eigenvalue weighted by atomic mass is 32.1. The van der Waals surface area contributed by atoms with Gasteiger partial charge in [-0.05, 0) is 29.0 Å². The van der Waals surface area contributed by atoms with Crippen molar-refractivity contribution in [3.05, 3.63) is 70.4 Å². The van der Waals surface area contributed by atoms with Crippen molar-refractivity contribution in [2.24, 2.45) is 0 Å². The first-order valence-electron chi connectivity index (χ1n) is 7.49. The van der Waals surface area contributed by atoms with Crippen molar-refractivity contribution in [3.63, 3.8) is 0 Å². The summed E-state index contributed by atoms with van der Waals surface area (Å²) >= 11 is 1.69. The third kappa shape index (κ3) is 4.75. The fraction of sp³-hybridized carbons (Fsp3) is 0.235. The van der Waals surface area contributed by atoms with Crippen molar-refractivity contribution in [2.75, 3.05) is 0 Å². The van der Waals surface area contributed by atoms with Gasteiger partial charge < -0.3 is 5.32 Å². The van der Waals surface area contributed by atoms with E-state index in [2.05, 4.69) is 33.6 Å². The van der Waals surface area contributed by atoms with E-state index in [9.17, 15) is 4.79 Å². The molecule has 2 aromatic heterocycles. The van der Waals surface area contributed by atoms with Crippen LogP contribution in [0, 0.1) is 0 Å². The minimum absolute atomic E-state index is 0.0880. The molecule has 0 radical (unpaired) electrons. The smallest absolute Gasteiger partial charge is 0.220 e. The Balaban J connectivity index is 1.43. The molecule has 23 heavy (non-hydrogen) atoms. The van der Waals surface area contributed by atoms with E-state index in [-0.39, 0.29) is 5.91 Å². The van der Waals surface area contributed by atoms with Gasteiger partial charge in [0.2, 0.25) is 5.91 Å². The van der Waals surface area contributed by atoms with Crippen molar-refractivity contribution in [1.29, 1.82) is 0 Å². The van der Waals surface area contributed by atoms with Crippen LogP contribution in [0.15, 0.2) is 54.4 Å². The van der Waals surface area contributed by atoms with Crippen molar-refractivity contribution in [1.82, 2.24) is 20.1 Å². The van der Waals surface area contributed by atoms with E-state index in [1.54, 1.807) is 22.3 Å². The molecule has 2 heterocycles. The Kier molecular flexibility index (Phi) is 5.16. The van der Waals surface area contributed by atoms with Gasteiger partial charge in [-0.25, -0.2) is 9.67 Å². The molecule has 1 N–H and O–H groups in total. The Morgan fingerprint density at radius 1 is 1.17 bits per heavy atom. The minimum atomic E-state index is 0.0880. The van der Waals surface area contributed by atoms with Crippen LogP contribution in [0.4, 0.5) is 0 Å². The van der Waals surface area contributed by atoms with Crippen molar-refractivity contribution >= 4 is 17.2 Å². The molecule has 1 aromatic carbocycles. The van der Waals surface area contributed by atoms with Gasteiger partial charge in [0.15, 0.2) is 0 Å². The number of nitrogens with one attached hydrogen (secondary N) is 1. The number of hydrogen-bond donors (Lipinski definition) is 1. The first kappa shape index (κ1) is 15.4. The lowest BCUT2D eigenvalue weighted by molar-refractivity contribution is -0.121. The summed E-state index contributed by atoms with van der Waals surface area (Å²) in [4.78, 5) is 17.0. The Bertz CT molecular complexity index is 721. The Labute approximate surface area is 139 Å². The summed E-state index contributed by atoms with van der Waals surface area (Å²) in [5.41, 5.74) is 2.25. The van der Waals surface area contributed by atoms with E-state index in [0.717, 1.165) is 17.5 Å². The normalized spacial score (nSPS) is 10.6. The highest BCUT2D eigenvalue weighted by Gasteiger charge is 2.03. The lowest BCUT2D eigenvalue weighted by Crippen LogP contribution is -2.22. The van der Waals surface area contributed by atoms with Crippen LogP contribution < -0.4 is 5.32 Å². The van der Waals surface area contributed by atoms with E-state index in [0.29, 0.717) is 19.5 Å². The molecule has 0 aliphatic carbocycles. The van der Waals surface area contributed by atoms with Crippen LogP contribution >= 0.6 is 11.3 Å². The van der Waals surface area contributed by atoms with Gasteiger partial charge >= 0.3 is 0 Å². The molecule has 118 valence electrons.